The molecule has 0 radical (unpaired) electrons. The number of benzene rings is 4. The molecule has 1 unspecified atom stereocenters. The van der Waals surface area contributed by atoms with Crippen LogP contribution in [0, 0.1) is 17.8 Å². The molecule has 0 aromatic heterocycles. The number of hydrogen-bond acceptors (Lipinski definition) is 0. The second-order valence-electron chi connectivity index (χ2n) is 12.7. The second-order valence-corrected chi connectivity index (χ2v) is 18.7. The molecule has 0 bridgehead atoms. The Morgan fingerprint density at radius 1 is 0.659 bits per heavy atom. The molecule has 0 heterocycles. The number of halogens is 2. The van der Waals surface area contributed by atoms with E-state index in [0.717, 1.165) is 12.8 Å². The second kappa shape index (κ2) is 14.9. The summed E-state index contributed by atoms with van der Waals surface area (Å²) in [7, 11) is 0. The average molecular weight is 699 g/mol. The normalized spacial score (nSPS) is 15.0. The van der Waals surface area contributed by atoms with Crippen LogP contribution >= 0.6 is 0 Å². The molecule has 0 nitrogen and oxygen atoms in total. The fourth-order valence-electron chi connectivity index (χ4n) is 7.21. The van der Waals surface area contributed by atoms with Gasteiger partial charge in [0, 0.05) is 0 Å². The fraction of sp³-hybridized carbons (Fsp3) is 0.293. The van der Waals surface area contributed by atoms with Crippen molar-refractivity contribution in [2.24, 2.45) is 17.8 Å². The molecule has 1 atom stereocenters. The standard InChI is InChI=1S/C17H17.C13H10.C11H17.2ClH.Zr/c1-3-12-5-7-16-14(9-12)11-15-10-13(4-2)6-8-17(15)16;1-3-7-12(8-4-1)11-13-9-5-2-6-10-13;1-8(2)10-5-6-11(7-10)9(3)4;;;/h5-11H,3-4H2,1-2H3;1-10H;5-6,8-10H,1-4H3;2*1H;/q;;;;;+2/p-2. The van der Waals surface area contributed by atoms with E-state index in [1.165, 1.54) is 33.4 Å². The van der Waals surface area contributed by atoms with E-state index >= 15 is 0 Å². The van der Waals surface area contributed by atoms with E-state index in [-0.39, 0.29) is 24.8 Å². The summed E-state index contributed by atoms with van der Waals surface area (Å²) in [4.78, 5) is 0. The van der Waals surface area contributed by atoms with E-state index in [2.05, 4.69) is 151 Å². The SMILES string of the molecule is CCc1ccc2c(c1)[CH]([Zr+2]([C]1=C(C(C)C)C=CC1C(C)C)=[C](c1ccccc1)c1ccccc1)c1cc(CC)ccc1-2.[Cl-].[Cl-]. The van der Waals surface area contributed by atoms with Crippen LogP contribution in [0.15, 0.2) is 118 Å². The molecular weight excluding hydrogens is 655 g/mol. The Morgan fingerprint density at radius 3 is 1.55 bits per heavy atom. The van der Waals surface area contributed by atoms with Crippen LogP contribution in [0.1, 0.15) is 78.5 Å². The van der Waals surface area contributed by atoms with E-state index < -0.39 is 21.3 Å². The third-order valence-electron chi connectivity index (χ3n) is 9.40. The van der Waals surface area contributed by atoms with Crippen LogP contribution in [0.5, 0.6) is 0 Å². The molecule has 226 valence electrons. The Bertz CT molecular complexity index is 1600. The molecule has 0 saturated carbocycles. The Labute approximate surface area is 285 Å². The van der Waals surface area contributed by atoms with Gasteiger partial charge < -0.3 is 24.8 Å². The number of hydrogen-bond donors (Lipinski definition) is 0. The smallest absolute Gasteiger partial charge is 1.00 e. The summed E-state index contributed by atoms with van der Waals surface area (Å²) in [6.07, 6.45) is 7.21. The molecule has 4 aromatic carbocycles. The summed E-state index contributed by atoms with van der Waals surface area (Å²) < 4.78 is 3.90. The molecule has 0 N–H and O–H groups in total. The van der Waals surface area contributed by atoms with Crippen LogP contribution in [-0.4, -0.2) is 3.21 Å². The minimum atomic E-state index is -2.83. The van der Waals surface area contributed by atoms with E-state index in [1.807, 2.05) is 3.28 Å². The first-order valence-corrected chi connectivity index (χ1v) is 19.8. The molecule has 6 rings (SSSR count). The van der Waals surface area contributed by atoms with Gasteiger partial charge in [0.25, 0.3) is 0 Å². The van der Waals surface area contributed by atoms with Crippen molar-refractivity contribution in [3.8, 4) is 11.1 Å². The molecule has 44 heavy (non-hydrogen) atoms. The molecule has 2 aliphatic rings. The quantitative estimate of drug-likeness (QED) is 0.254. The number of fused-ring (bicyclic) bond motifs is 3. The minimum absolute atomic E-state index is 0. The predicted octanol–water partition coefficient (Wildman–Crippen LogP) is 4.53. The van der Waals surface area contributed by atoms with Crippen LogP contribution in [0.2, 0.25) is 0 Å². The molecule has 0 aliphatic heterocycles. The molecule has 0 saturated heterocycles. The van der Waals surface area contributed by atoms with Gasteiger partial charge in [0.15, 0.2) is 0 Å². The zero-order chi connectivity index (χ0) is 29.4. The molecule has 0 amide bonds. The topological polar surface area (TPSA) is 0 Å². The van der Waals surface area contributed by atoms with Crippen molar-refractivity contribution in [1.82, 2.24) is 0 Å². The number of allylic oxidation sites excluding steroid dienone is 4. The van der Waals surface area contributed by atoms with E-state index in [9.17, 15) is 0 Å². The van der Waals surface area contributed by atoms with Gasteiger partial charge in [-0.25, -0.2) is 0 Å². The monoisotopic (exact) mass is 696 g/mol. The van der Waals surface area contributed by atoms with Crippen LogP contribution in [0.25, 0.3) is 11.1 Å². The van der Waals surface area contributed by atoms with Crippen molar-refractivity contribution >= 4 is 3.21 Å². The first-order chi connectivity index (χ1) is 20.4. The fourth-order valence-corrected chi connectivity index (χ4v) is 18.0. The van der Waals surface area contributed by atoms with Crippen molar-refractivity contribution in [1.29, 1.82) is 0 Å². The third-order valence-corrected chi connectivity index (χ3v) is 18.0. The molecule has 3 heteroatoms. The first kappa shape index (κ1) is 34.6. The summed E-state index contributed by atoms with van der Waals surface area (Å²) in [6.45, 7) is 14.3. The summed E-state index contributed by atoms with van der Waals surface area (Å²) in [5, 5.41) is 0. The van der Waals surface area contributed by atoms with Gasteiger partial charge in [0.2, 0.25) is 0 Å². The molecule has 4 aromatic rings. The summed E-state index contributed by atoms with van der Waals surface area (Å²) in [5.41, 5.74) is 13.4. The zero-order valence-corrected chi connectivity index (χ0v) is 30.8. The Balaban J connectivity index is 0.00000221. The summed E-state index contributed by atoms with van der Waals surface area (Å²) in [5.74, 6) is 1.57. The number of rotatable bonds is 8. The largest absolute Gasteiger partial charge is 1.00 e. The van der Waals surface area contributed by atoms with Gasteiger partial charge in [-0.15, -0.1) is 0 Å². The molecule has 0 fully saturated rings. The van der Waals surface area contributed by atoms with E-state index in [4.69, 9.17) is 0 Å². The van der Waals surface area contributed by atoms with Gasteiger partial charge in [-0.3, -0.25) is 0 Å². The molecular formula is C41H44Cl2Zr. The predicted molar refractivity (Wildman–Crippen MR) is 178 cm³/mol. The van der Waals surface area contributed by atoms with Crippen molar-refractivity contribution in [2.75, 3.05) is 0 Å². The maximum Gasteiger partial charge on any atom is -1.00 e. The van der Waals surface area contributed by atoms with Crippen LogP contribution in [0.3, 0.4) is 0 Å². The number of aryl methyl sites for hydroxylation is 2. The maximum absolute atomic E-state index is 2.83. The van der Waals surface area contributed by atoms with Crippen LogP contribution in [-0.2, 0) is 34.1 Å². The summed E-state index contributed by atoms with van der Waals surface area (Å²) >= 11 is -2.83. The van der Waals surface area contributed by atoms with Gasteiger partial charge >= 0.3 is 263 Å². The van der Waals surface area contributed by atoms with Gasteiger partial charge in [-0.1, -0.05) is 0 Å². The third kappa shape index (κ3) is 6.36. The van der Waals surface area contributed by atoms with Gasteiger partial charge in [-0.05, 0) is 0 Å². The first-order valence-electron chi connectivity index (χ1n) is 16.0. The molecule has 0 spiro atoms. The van der Waals surface area contributed by atoms with Crippen molar-refractivity contribution in [2.45, 2.75) is 58.0 Å². The maximum atomic E-state index is 2.59. The average Bonchev–Trinajstić information content (AvgIpc) is 3.60. The zero-order valence-electron chi connectivity index (χ0n) is 26.9. The van der Waals surface area contributed by atoms with Crippen molar-refractivity contribution in [3.05, 3.63) is 151 Å². The van der Waals surface area contributed by atoms with Crippen LogP contribution in [0.4, 0.5) is 0 Å². The Kier molecular flexibility index (Phi) is 11.7. The van der Waals surface area contributed by atoms with Crippen molar-refractivity contribution in [3.63, 3.8) is 0 Å². The van der Waals surface area contributed by atoms with Crippen molar-refractivity contribution < 1.29 is 46.1 Å². The van der Waals surface area contributed by atoms with Gasteiger partial charge in [0.05, 0.1) is 0 Å². The minimum Gasteiger partial charge on any atom is -1.00 e. The van der Waals surface area contributed by atoms with Gasteiger partial charge in [0.1, 0.15) is 0 Å². The summed E-state index contributed by atoms with van der Waals surface area (Å²) in [6, 6.07) is 37.6. The molecule has 2 aliphatic carbocycles. The Morgan fingerprint density at radius 2 is 1.14 bits per heavy atom. The van der Waals surface area contributed by atoms with Crippen LogP contribution < -0.4 is 24.8 Å². The van der Waals surface area contributed by atoms with E-state index in [1.54, 1.807) is 19.9 Å². The Hall–Kier alpha value is -2.31. The van der Waals surface area contributed by atoms with Gasteiger partial charge in [-0.2, -0.15) is 0 Å². The van der Waals surface area contributed by atoms with E-state index in [0.29, 0.717) is 21.4 Å².